The molecule has 0 unspecified atom stereocenters. The molecule has 0 aliphatic heterocycles. The van der Waals surface area contributed by atoms with Crippen LogP contribution < -0.4 is 5.32 Å². The van der Waals surface area contributed by atoms with Crippen molar-refractivity contribution in [2.45, 2.75) is 13.3 Å². The van der Waals surface area contributed by atoms with E-state index in [9.17, 15) is 9.90 Å². The Morgan fingerprint density at radius 2 is 2.14 bits per heavy atom. The molecule has 3 heterocycles. The van der Waals surface area contributed by atoms with E-state index >= 15 is 0 Å². The van der Waals surface area contributed by atoms with Crippen LogP contribution in [0.1, 0.15) is 18.9 Å². The molecule has 11 heteroatoms. The number of aromatic nitrogens is 5. The zero-order valence-corrected chi connectivity index (χ0v) is 15.1. The molecule has 0 saturated carbocycles. The average molecular weight is 387 g/mol. The summed E-state index contributed by atoms with van der Waals surface area (Å²) in [6, 6.07) is 9.97. The van der Waals surface area contributed by atoms with E-state index in [0.717, 1.165) is 0 Å². The molecule has 0 atom stereocenters. The molecule has 0 aliphatic carbocycles. The van der Waals surface area contributed by atoms with Gasteiger partial charge in [0.25, 0.3) is 0 Å². The van der Waals surface area contributed by atoms with Gasteiger partial charge in [0, 0.05) is 6.42 Å². The Bertz CT molecular complexity index is 1320. The molecule has 29 heavy (non-hydrogen) atoms. The van der Waals surface area contributed by atoms with Crippen LogP contribution in [0.25, 0.3) is 16.7 Å². The second-order valence-electron chi connectivity index (χ2n) is 5.92. The number of anilines is 1. The number of nitriles is 1. The molecule has 0 bridgehead atoms. The van der Waals surface area contributed by atoms with Crippen LogP contribution in [0.2, 0.25) is 0 Å². The zero-order chi connectivity index (χ0) is 20.4. The van der Waals surface area contributed by atoms with Crippen LogP contribution in [0.15, 0.2) is 46.8 Å². The number of azo groups is 1. The van der Waals surface area contributed by atoms with Crippen molar-refractivity contribution in [3.63, 3.8) is 0 Å². The quantitative estimate of drug-likeness (QED) is 0.510. The highest BCUT2D eigenvalue weighted by Crippen LogP contribution is 2.26. The smallest absolute Gasteiger partial charge is 0.225 e. The lowest BCUT2D eigenvalue weighted by atomic mass is 10.2. The van der Waals surface area contributed by atoms with Gasteiger partial charge in [0.15, 0.2) is 23.0 Å². The Morgan fingerprint density at radius 3 is 2.93 bits per heavy atom. The summed E-state index contributed by atoms with van der Waals surface area (Å²) in [6.07, 6.45) is 1.67. The maximum absolute atomic E-state index is 11.5. The maximum atomic E-state index is 11.5. The number of nitrogens with zero attached hydrogens (tertiary/aromatic N) is 8. The van der Waals surface area contributed by atoms with Crippen molar-refractivity contribution >= 4 is 39.9 Å². The Morgan fingerprint density at radius 1 is 1.28 bits per heavy atom. The first-order valence-electron chi connectivity index (χ1n) is 8.55. The van der Waals surface area contributed by atoms with Gasteiger partial charge in [0.05, 0.1) is 17.4 Å². The largest absolute Gasteiger partial charge is 0.504 e. The summed E-state index contributed by atoms with van der Waals surface area (Å²) in [5.41, 5.74) is 2.36. The third kappa shape index (κ3) is 3.42. The molecule has 1 aromatic carbocycles. The lowest BCUT2D eigenvalue weighted by Crippen LogP contribution is -2.10. The number of pyridine rings is 1. The molecule has 4 aromatic rings. The summed E-state index contributed by atoms with van der Waals surface area (Å²) in [6.45, 7) is 1.69. The number of amides is 1. The average Bonchev–Trinajstić information content (AvgIpc) is 3.17. The summed E-state index contributed by atoms with van der Waals surface area (Å²) < 4.78 is 1.51. The maximum Gasteiger partial charge on any atom is 0.225 e. The molecule has 0 aliphatic rings. The highest BCUT2D eigenvalue weighted by molar-refractivity contribution is 5.91. The van der Waals surface area contributed by atoms with Gasteiger partial charge in [-0.1, -0.05) is 6.92 Å². The highest BCUT2D eigenvalue weighted by Gasteiger charge is 2.10. The van der Waals surface area contributed by atoms with Gasteiger partial charge in [-0.3, -0.25) is 4.79 Å². The molecule has 0 radical (unpaired) electrons. The molecule has 0 saturated heterocycles. The summed E-state index contributed by atoms with van der Waals surface area (Å²) in [7, 11) is 0. The van der Waals surface area contributed by atoms with E-state index < -0.39 is 0 Å². The number of benzene rings is 1. The molecular weight excluding hydrogens is 374 g/mol. The van der Waals surface area contributed by atoms with Gasteiger partial charge >= 0.3 is 0 Å². The normalized spacial score (nSPS) is 11.2. The molecule has 2 N–H and O–H groups in total. The lowest BCUT2D eigenvalue weighted by Gasteiger charge is -2.05. The first-order valence-corrected chi connectivity index (χ1v) is 8.55. The third-order valence-electron chi connectivity index (χ3n) is 4.01. The van der Waals surface area contributed by atoms with E-state index in [1.807, 2.05) is 6.07 Å². The second kappa shape index (κ2) is 7.28. The van der Waals surface area contributed by atoms with Crippen LogP contribution in [0.4, 0.5) is 17.3 Å². The van der Waals surface area contributed by atoms with Crippen LogP contribution in [0, 0.1) is 11.3 Å². The second-order valence-corrected chi connectivity index (χ2v) is 5.92. The van der Waals surface area contributed by atoms with Crippen molar-refractivity contribution in [3.8, 4) is 11.8 Å². The molecule has 3 aromatic heterocycles. The topological polar surface area (TPSA) is 154 Å². The van der Waals surface area contributed by atoms with Gasteiger partial charge in [0.2, 0.25) is 5.91 Å². The SMILES string of the molecule is CCC(=O)Nc1nc(/N=N/c2ccc3nnc4c(C#N)cnn4c3c2)ccc1O. The van der Waals surface area contributed by atoms with Gasteiger partial charge in [-0.05, 0) is 30.3 Å². The van der Waals surface area contributed by atoms with E-state index in [1.54, 1.807) is 25.1 Å². The summed E-state index contributed by atoms with van der Waals surface area (Å²) >= 11 is 0. The molecule has 11 nitrogen and oxygen atoms in total. The van der Waals surface area contributed by atoms with Gasteiger partial charge in [-0.2, -0.15) is 10.4 Å². The van der Waals surface area contributed by atoms with Crippen LogP contribution in [-0.4, -0.2) is 35.8 Å². The Labute approximate surface area is 163 Å². The number of rotatable bonds is 4. The minimum Gasteiger partial charge on any atom is -0.504 e. The van der Waals surface area contributed by atoms with Crippen LogP contribution in [0.5, 0.6) is 5.75 Å². The predicted octanol–water partition coefficient (Wildman–Crippen LogP) is 3.01. The summed E-state index contributed by atoms with van der Waals surface area (Å²) in [5, 5.41) is 41.9. The molecule has 142 valence electrons. The lowest BCUT2D eigenvalue weighted by molar-refractivity contribution is -0.115. The minimum atomic E-state index is -0.280. The number of aromatic hydroxyl groups is 1. The van der Waals surface area contributed by atoms with Gasteiger partial charge in [0.1, 0.15) is 17.1 Å². The number of carbonyl (C=O) groups excluding carboxylic acids is 1. The van der Waals surface area contributed by atoms with Crippen molar-refractivity contribution < 1.29 is 9.90 Å². The molecular formula is C18H13N9O2. The Hall–Kier alpha value is -4.46. The number of hydrogen-bond acceptors (Lipinski definition) is 9. The molecule has 4 rings (SSSR count). The highest BCUT2D eigenvalue weighted by atomic mass is 16.3. The fourth-order valence-corrected chi connectivity index (χ4v) is 2.54. The number of fused-ring (bicyclic) bond motifs is 3. The van der Waals surface area contributed by atoms with E-state index in [-0.39, 0.29) is 29.7 Å². The monoisotopic (exact) mass is 387 g/mol. The van der Waals surface area contributed by atoms with Crippen molar-refractivity contribution in [3.05, 3.63) is 42.1 Å². The molecule has 0 fully saturated rings. The number of carbonyl (C=O) groups is 1. The van der Waals surface area contributed by atoms with Crippen molar-refractivity contribution in [1.29, 1.82) is 5.26 Å². The Kier molecular flexibility index (Phi) is 4.50. The molecule has 0 spiro atoms. The van der Waals surface area contributed by atoms with E-state index in [0.29, 0.717) is 27.9 Å². The number of nitrogens with one attached hydrogen (secondary N) is 1. The Balaban J connectivity index is 1.69. The first-order chi connectivity index (χ1) is 14.1. The van der Waals surface area contributed by atoms with Crippen molar-refractivity contribution in [2.24, 2.45) is 10.2 Å². The fraction of sp³-hybridized carbons (Fsp3) is 0.111. The van der Waals surface area contributed by atoms with Gasteiger partial charge in [-0.15, -0.1) is 20.4 Å². The molecule has 1 amide bonds. The predicted molar refractivity (Wildman–Crippen MR) is 102 cm³/mol. The van der Waals surface area contributed by atoms with E-state index in [2.05, 4.69) is 35.8 Å². The minimum absolute atomic E-state index is 0.0179. The first kappa shape index (κ1) is 17.9. The van der Waals surface area contributed by atoms with Crippen LogP contribution >= 0.6 is 0 Å². The zero-order valence-electron chi connectivity index (χ0n) is 15.1. The number of hydrogen-bond donors (Lipinski definition) is 2. The summed E-state index contributed by atoms with van der Waals surface area (Å²) in [5.74, 6) is -0.218. The fourth-order valence-electron chi connectivity index (χ4n) is 2.54. The summed E-state index contributed by atoms with van der Waals surface area (Å²) in [4.78, 5) is 15.6. The van der Waals surface area contributed by atoms with Crippen molar-refractivity contribution in [1.82, 2.24) is 24.8 Å². The van der Waals surface area contributed by atoms with Crippen LogP contribution in [-0.2, 0) is 4.79 Å². The van der Waals surface area contributed by atoms with Gasteiger partial charge in [-0.25, -0.2) is 9.50 Å². The van der Waals surface area contributed by atoms with Gasteiger partial charge < -0.3 is 10.4 Å². The van der Waals surface area contributed by atoms with Crippen LogP contribution in [0.3, 0.4) is 0 Å². The third-order valence-corrected chi connectivity index (χ3v) is 4.01. The van der Waals surface area contributed by atoms with E-state index in [1.165, 1.54) is 22.8 Å². The van der Waals surface area contributed by atoms with E-state index in [4.69, 9.17) is 5.26 Å². The standard InChI is InChI=1S/C18H13N9O2/c1-2-16(29)22-17-14(28)5-6-15(21-17)25-23-11-3-4-12-13(7-11)27-18(26-24-12)10(8-19)9-20-27/h3-7,9,28H,2H2,1H3,(H,21,22,29)/b25-23+. The van der Waals surface area contributed by atoms with Crippen molar-refractivity contribution in [2.75, 3.05) is 5.32 Å².